The van der Waals surface area contributed by atoms with Crippen LogP contribution in [0.1, 0.15) is 10.9 Å². The lowest BCUT2D eigenvalue weighted by molar-refractivity contribution is 0.997. The second kappa shape index (κ2) is 3.78. The van der Waals surface area contributed by atoms with Crippen molar-refractivity contribution in [2.24, 2.45) is 15.0 Å². The first kappa shape index (κ1) is 10.0. The molecule has 0 aromatic heterocycles. The molecular weight excluding hydrogens is 242 g/mol. The maximum atomic E-state index is 4.75. The van der Waals surface area contributed by atoms with Crippen LogP contribution in [0.4, 0.5) is 5.69 Å². The number of nitrogens with zero attached hydrogens (tertiary/aromatic N) is 3. The molecule has 4 heteroatoms. The van der Waals surface area contributed by atoms with E-state index in [9.17, 15) is 0 Å². The van der Waals surface area contributed by atoms with E-state index in [-0.39, 0.29) is 5.37 Å². The van der Waals surface area contributed by atoms with Crippen LogP contribution in [-0.4, -0.2) is 6.34 Å². The Hall–Kier alpha value is -1.94. The molecule has 2 aliphatic heterocycles. The second-order valence-electron chi connectivity index (χ2n) is 4.17. The van der Waals surface area contributed by atoms with Gasteiger partial charge in [-0.15, -0.1) is 0 Å². The van der Waals surface area contributed by atoms with Crippen molar-refractivity contribution in [1.29, 1.82) is 0 Å². The lowest BCUT2D eigenvalue weighted by Crippen LogP contribution is -2.08. The molecule has 4 rings (SSSR count). The Morgan fingerprint density at radius 1 is 0.944 bits per heavy atom. The Bertz CT molecular complexity index is 766. The summed E-state index contributed by atoms with van der Waals surface area (Å²) in [5.41, 5.74) is 2.20. The molecule has 1 atom stereocenters. The molecule has 2 aliphatic rings. The fourth-order valence-corrected chi connectivity index (χ4v) is 3.36. The third-order valence-corrected chi connectivity index (χ3v) is 4.28. The van der Waals surface area contributed by atoms with Crippen LogP contribution in [0.3, 0.4) is 0 Å². The Balaban J connectivity index is 1.84. The first-order valence-corrected chi connectivity index (χ1v) is 6.62. The van der Waals surface area contributed by atoms with Crippen molar-refractivity contribution in [3.8, 4) is 0 Å². The number of rotatable bonds is 1. The minimum atomic E-state index is 0.142. The standard InChI is InChI=1S/C14H9N3S/c1-2-4-9(5-3-1)14-17-11-7-6-10-12(13(11)18-14)16-8-15-10/h1-8,14H. The minimum Gasteiger partial charge on any atom is -0.265 e. The maximum Gasteiger partial charge on any atom is 0.126 e. The van der Waals surface area contributed by atoms with Crippen LogP contribution in [0.15, 0.2) is 62.3 Å². The van der Waals surface area contributed by atoms with Gasteiger partial charge < -0.3 is 0 Å². The lowest BCUT2D eigenvalue weighted by Gasteiger charge is -2.06. The Kier molecular flexibility index (Phi) is 2.11. The fourth-order valence-electron chi connectivity index (χ4n) is 2.17. The van der Waals surface area contributed by atoms with Gasteiger partial charge in [-0.2, -0.15) is 0 Å². The molecule has 2 aromatic carbocycles. The monoisotopic (exact) mass is 251 g/mol. The smallest absolute Gasteiger partial charge is 0.126 e. The van der Waals surface area contributed by atoms with Crippen LogP contribution in [0, 0.1) is 0 Å². The molecule has 86 valence electrons. The average Bonchev–Trinajstić information content (AvgIpc) is 3.05. The third kappa shape index (κ3) is 1.42. The van der Waals surface area contributed by atoms with Crippen LogP contribution in [0.25, 0.3) is 0 Å². The van der Waals surface area contributed by atoms with Crippen LogP contribution < -0.4 is 10.7 Å². The molecule has 0 amide bonds. The SMILES string of the molecule is C1=Nc2c3c(ccc2=N1)=NC(c1ccccc1)S3. The number of hydrogen-bond donors (Lipinski definition) is 0. The highest BCUT2D eigenvalue weighted by Gasteiger charge is 2.22. The van der Waals surface area contributed by atoms with Crippen molar-refractivity contribution in [3.63, 3.8) is 0 Å². The van der Waals surface area contributed by atoms with E-state index in [1.54, 1.807) is 18.1 Å². The summed E-state index contributed by atoms with van der Waals surface area (Å²) in [5, 5.41) is 2.12. The molecule has 2 heterocycles. The topological polar surface area (TPSA) is 37.1 Å². The van der Waals surface area contributed by atoms with Gasteiger partial charge in [0.1, 0.15) is 17.4 Å². The van der Waals surface area contributed by atoms with Crippen LogP contribution >= 0.6 is 11.8 Å². The zero-order valence-corrected chi connectivity index (χ0v) is 10.3. The zero-order chi connectivity index (χ0) is 11.9. The van der Waals surface area contributed by atoms with Crippen LogP contribution in [0.2, 0.25) is 0 Å². The summed E-state index contributed by atoms with van der Waals surface area (Å²) in [4.78, 5) is 14.5. The second-order valence-corrected chi connectivity index (χ2v) is 5.26. The number of hydrogen-bond acceptors (Lipinski definition) is 4. The maximum absolute atomic E-state index is 4.75. The Morgan fingerprint density at radius 3 is 2.67 bits per heavy atom. The van der Waals surface area contributed by atoms with E-state index < -0.39 is 0 Å². The molecule has 0 fully saturated rings. The molecule has 0 spiro atoms. The van der Waals surface area contributed by atoms with E-state index in [0.29, 0.717) is 0 Å². The lowest BCUT2D eigenvalue weighted by atomic mass is 10.2. The Labute approximate surface area is 108 Å². The van der Waals surface area contributed by atoms with Gasteiger partial charge in [0.25, 0.3) is 0 Å². The quantitative estimate of drug-likeness (QED) is 0.766. The molecule has 2 aromatic rings. The van der Waals surface area contributed by atoms with E-state index in [0.717, 1.165) is 21.3 Å². The van der Waals surface area contributed by atoms with Crippen molar-refractivity contribution in [2.75, 3.05) is 0 Å². The number of thioether (sulfide) groups is 1. The van der Waals surface area contributed by atoms with Crippen LogP contribution in [0.5, 0.6) is 0 Å². The van der Waals surface area contributed by atoms with E-state index in [2.05, 4.69) is 22.1 Å². The highest BCUT2D eigenvalue weighted by Crippen LogP contribution is 2.41. The van der Waals surface area contributed by atoms with Crippen molar-refractivity contribution < 1.29 is 0 Å². The molecule has 18 heavy (non-hydrogen) atoms. The van der Waals surface area contributed by atoms with E-state index in [4.69, 9.17) is 4.99 Å². The van der Waals surface area contributed by atoms with Gasteiger partial charge >= 0.3 is 0 Å². The average molecular weight is 251 g/mol. The van der Waals surface area contributed by atoms with Gasteiger partial charge in [-0.05, 0) is 17.7 Å². The van der Waals surface area contributed by atoms with E-state index >= 15 is 0 Å². The number of benzene rings is 2. The summed E-state index contributed by atoms with van der Waals surface area (Å²) in [6.45, 7) is 0. The van der Waals surface area contributed by atoms with Gasteiger partial charge in [-0.3, -0.25) is 4.99 Å². The molecule has 0 radical (unpaired) electrons. The number of aliphatic imine (C=N–C) groups is 1. The largest absolute Gasteiger partial charge is 0.265 e. The van der Waals surface area contributed by atoms with E-state index in [1.165, 1.54) is 5.56 Å². The van der Waals surface area contributed by atoms with Crippen molar-refractivity contribution in [3.05, 3.63) is 58.7 Å². The predicted molar refractivity (Wildman–Crippen MR) is 71.9 cm³/mol. The first-order chi connectivity index (χ1) is 8.92. The summed E-state index contributed by atoms with van der Waals surface area (Å²) in [5.74, 6) is 0. The molecule has 0 bridgehead atoms. The molecule has 1 unspecified atom stereocenters. The summed E-state index contributed by atoms with van der Waals surface area (Å²) >= 11 is 1.75. The van der Waals surface area contributed by atoms with Gasteiger partial charge in [-0.1, -0.05) is 42.1 Å². The minimum absolute atomic E-state index is 0.142. The van der Waals surface area contributed by atoms with Gasteiger partial charge in [0.2, 0.25) is 0 Å². The summed E-state index contributed by atoms with van der Waals surface area (Å²) in [6, 6.07) is 14.4. The summed E-state index contributed by atoms with van der Waals surface area (Å²) in [6.07, 6.45) is 1.61. The number of fused-ring (bicyclic) bond motifs is 3. The fraction of sp³-hybridized carbons (Fsp3) is 0.0714. The Morgan fingerprint density at radius 2 is 1.78 bits per heavy atom. The highest BCUT2D eigenvalue weighted by molar-refractivity contribution is 7.99. The normalized spacial score (nSPS) is 19.0. The van der Waals surface area contributed by atoms with Crippen molar-refractivity contribution in [1.82, 2.24) is 0 Å². The van der Waals surface area contributed by atoms with E-state index in [1.807, 2.05) is 30.3 Å². The van der Waals surface area contributed by atoms with Gasteiger partial charge in [0.05, 0.1) is 15.6 Å². The molecule has 3 nitrogen and oxygen atoms in total. The van der Waals surface area contributed by atoms with Crippen molar-refractivity contribution in [2.45, 2.75) is 10.3 Å². The molecular formula is C14H9N3S. The molecule has 0 aliphatic carbocycles. The van der Waals surface area contributed by atoms with Crippen LogP contribution in [-0.2, 0) is 0 Å². The van der Waals surface area contributed by atoms with Crippen molar-refractivity contribution >= 4 is 23.8 Å². The van der Waals surface area contributed by atoms with Gasteiger partial charge in [-0.25, -0.2) is 9.98 Å². The highest BCUT2D eigenvalue weighted by atomic mass is 32.2. The molecule has 0 N–H and O–H groups in total. The molecule has 0 saturated carbocycles. The van der Waals surface area contributed by atoms with Gasteiger partial charge in [0.15, 0.2) is 0 Å². The summed E-state index contributed by atoms with van der Waals surface area (Å²) in [7, 11) is 0. The van der Waals surface area contributed by atoms with Gasteiger partial charge in [0, 0.05) is 0 Å². The summed E-state index contributed by atoms with van der Waals surface area (Å²) < 4.78 is 0. The molecule has 0 saturated heterocycles. The predicted octanol–water partition coefficient (Wildman–Crippen LogP) is 2.40. The third-order valence-electron chi connectivity index (χ3n) is 3.04. The zero-order valence-electron chi connectivity index (χ0n) is 9.45. The first-order valence-electron chi connectivity index (χ1n) is 5.75.